The fourth-order valence-electron chi connectivity index (χ4n) is 3.59. The molecule has 0 radical (unpaired) electrons. The molecule has 0 spiro atoms. The maximum Gasteiger partial charge on any atom is 0.453 e. The average molecular weight is 403 g/mol. The van der Waals surface area contributed by atoms with Crippen LogP contribution in [0.15, 0.2) is 54.1 Å². The first-order chi connectivity index (χ1) is 13.3. The van der Waals surface area contributed by atoms with Gasteiger partial charge in [-0.15, -0.1) is 5.10 Å². The van der Waals surface area contributed by atoms with Crippen molar-refractivity contribution in [1.29, 1.82) is 0 Å². The van der Waals surface area contributed by atoms with E-state index in [4.69, 9.17) is 11.6 Å². The fourth-order valence-corrected chi connectivity index (χ4v) is 3.72. The van der Waals surface area contributed by atoms with Gasteiger partial charge >= 0.3 is 6.18 Å². The Morgan fingerprint density at radius 1 is 1.04 bits per heavy atom. The molecule has 5 rings (SSSR count). The first kappa shape index (κ1) is 17.0. The molecular formula is C19H10ClF3N4O. The second-order valence-corrected chi connectivity index (χ2v) is 6.88. The van der Waals surface area contributed by atoms with Crippen molar-refractivity contribution >= 4 is 29.0 Å². The van der Waals surface area contributed by atoms with Crippen LogP contribution in [0.5, 0.6) is 0 Å². The lowest BCUT2D eigenvalue weighted by molar-refractivity contribution is -0.145. The molecule has 0 saturated carbocycles. The summed E-state index contributed by atoms with van der Waals surface area (Å²) < 4.78 is 40.7. The number of hydrogen-bond acceptors (Lipinski definition) is 4. The van der Waals surface area contributed by atoms with Gasteiger partial charge in [0.1, 0.15) is 6.04 Å². The van der Waals surface area contributed by atoms with Crippen LogP contribution in [0.25, 0.3) is 5.70 Å². The SMILES string of the molecule is O=C1C2=C(Nc3nc(C(F)(F)F)nn3[C@H]2c2ccc(Cl)cc2)c2ccccc21. The first-order valence-electron chi connectivity index (χ1n) is 8.29. The Kier molecular flexibility index (Phi) is 3.45. The smallest absolute Gasteiger partial charge is 0.323 e. The summed E-state index contributed by atoms with van der Waals surface area (Å²) in [6.07, 6.45) is -4.71. The molecule has 28 heavy (non-hydrogen) atoms. The number of ketones is 1. The van der Waals surface area contributed by atoms with Gasteiger partial charge in [-0.1, -0.05) is 48.0 Å². The Balaban J connectivity index is 1.75. The van der Waals surface area contributed by atoms with Crippen molar-refractivity contribution in [2.75, 3.05) is 5.32 Å². The van der Waals surface area contributed by atoms with E-state index in [9.17, 15) is 18.0 Å². The molecule has 0 fully saturated rings. The normalized spacial score (nSPS) is 17.9. The zero-order valence-corrected chi connectivity index (χ0v) is 14.7. The lowest BCUT2D eigenvalue weighted by atomic mass is 9.94. The summed E-state index contributed by atoms with van der Waals surface area (Å²) in [6.45, 7) is 0. The van der Waals surface area contributed by atoms with Gasteiger partial charge in [-0.2, -0.15) is 18.2 Å². The van der Waals surface area contributed by atoms with Crippen molar-refractivity contribution in [3.05, 3.63) is 81.6 Å². The number of nitrogens with one attached hydrogen (secondary N) is 1. The average Bonchev–Trinajstić information content (AvgIpc) is 3.22. The number of hydrogen-bond donors (Lipinski definition) is 1. The predicted octanol–water partition coefficient (Wildman–Crippen LogP) is 4.57. The molecule has 1 atom stereocenters. The highest BCUT2D eigenvalue weighted by molar-refractivity contribution is 6.30. The third-order valence-corrected chi connectivity index (χ3v) is 5.03. The Bertz CT molecular complexity index is 1160. The second-order valence-electron chi connectivity index (χ2n) is 6.44. The number of rotatable bonds is 1. The van der Waals surface area contributed by atoms with Crippen molar-refractivity contribution in [3.8, 4) is 0 Å². The monoisotopic (exact) mass is 402 g/mol. The van der Waals surface area contributed by atoms with E-state index in [2.05, 4.69) is 15.4 Å². The van der Waals surface area contributed by atoms with Gasteiger partial charge in [0, 0.05) is 16.1 Å². The molecule has 0 saturated heterocycles. The second kappa shape index (κ2) is 5.68. The van der Waals surface area contributed by atoms with Crippen molar-refractivity contribution in [2.45, 2.75) is 12.2 Å². The van der Waals surface area contributed by atoms with Crippen LogP contribution >= 0.6 is 11.6 Å². The lowest BCUT2D eigenvalue weighted by Crippen LogP contribution is -2.25. The maximum absolute atomic E-state index is 13.2. The molecule has 1 aliphatic carbocycles. The lowest BCUT2D eigenvalue weighted by Gasteiger charge is -2.26. The van der Waals surface area contributed by atoms with Gasteiger partial charge in [0.2, 0.25) is 5.95 Å². The summed E-state index contributed by atoms with van der Waals surface area (Å²) in [5.74, 6) is -1.60. The van der Waals surface area contributed by atoms with Crippen LogP contribution in [0, 0.1) is 0 Å². The first-order valence-corrected chi connectivity index (χ1v) is 8.67. The van der Waals surface area contributed by atoms with Crippen LogP contribution in [-0.4, -0.2) is 20.5 Å². The van der Waals surface area contributed by atoms with Crippen molar-refractivity contribution in [2.24, 2.45) is 0 Å². The molecule has 140 valence electrons. The van der Waals surface area contributed by atoms with Crippen molar-refractivity contribution in [3.63, 3.8) is 0 Å². The third kappa shape index (κ3) is 2.37. The highest BCUT2D eigenvalue weighted by atomic mass is 35.5. The summed E-state index contributed by atoms with van der Waals surface area (Å²) in [5, 5.41) is 7.00. The number of allylic oxidation sites excluding steroid dienone is 1. The molecule has 0 amide bonds. The van der Waals surface area contributed by atoms with E-state index in [0.29, 0.717) is 33.0 Å². The van der Waals surface area contributed by atoms with Gasteiger partial charge in [-0.05, 0) is 17.7 Å². The number of alkyl halides is 3. The topological polar surface area (TPSA) is 59.8 Å². The zero-order chi connectivity index (χ0) is 19.6. The van der Waals surface area contributed by atoms with Crippen LogP contribution in [0.3, 0.4) is 0 Å². The van der Waals surface area contributed by atoms with Crippen molar-refractivity contribution < 1.29 is 18.0 Å². The minimum Gasteiger partial charge on any atom is -0.323 e. The molecule has 1 N–H and O–H groups in total. The number of carbonyl (C=O) groups is 1. The van der Waals surface area contributed by atoms with Gasteiger partial charge in [0.25, 0.3) is 5.82 Å². The number of halogens is 4. The van der Waals surface area contributed by atoms with E-state index in [1.54, 1.807) is 48.5 Å². The van der Waals surface area contributed by atoms with Gasteiger partial charge in [-0.25, -0.2) is 4.68 Å². The van der Waals surface area contributed by atoms with Gasteiger partial charge in [0.05, 0.1) is 11.3 Å². The minimum atomic E-state index is -4.71. The van der Waals surface area contributed by atoms with E-state index in [-0.39, 0.29) is 11.7 Å². The van der Waals surface area contributed by atoms with Crippen LogP contribution in [0.1, 0.15) is 33.4 Å². The van der Waals surface area contributed by atoms with Gasteiger partial charge < -0.3 is 5.32 Å². The molecule has 1 aromatic heterocycles. The molecule has 2 aliphatic rings. The summed E-state index contributed by atoms with van der Waals surface area (Å²) >= 11 is 5.95. The van der Waals surface area contributed by atoms with Crippen LogP contribution in [0.2, 0.25) is 5.02 Å². The van der Waals surface area contributed by atoms with Crippen LogP contribution in [0.4, 0.5) is 19.1 Å². The molecule has 3 aromatic rings. The van der Waals surface area contributed by atoms with Crippen LogP contribution < -0.4 is 5.32 Å². The molecular weight excluding hydrogens is 393 g/mol. The molecule has 9 heteroatoms. The summed E-state index contributed by atoms with van der Waals surface area (Å²) in [4.78, 5) is 16.7. The molecule has 1 aliphatic heterocycles. The molecule has 0 bridgehead atoms. The molecule has 2 aromatic carbocycles. The number of benzene rings is 2. The number of carbonyl (C=O) groups excluding carboxylic acids is 1. The van der Waals surface area contributed by atoms with Crippen LogP contribution in [-0.2, 0) is 6.18 Å². The summed E-state index contributed by atoms with van der Waals surface area (Å²) in [7, 11) is 0. The number of anilines is 1. The van der Waals surface area contributed by atoms with Gasteiger partial charge in [-0.3, -0.25) is 4.79 Å². The number of Topliss-reactive ketones (excluding diaryl/α,β-unsaturated/α-hetero) is 1. The number of fused-ring (bicyclic) bond motifs is 3. The third-order valence-electron chi connectivity index (χ3n) is 4.78. The van der Waals surface area contributed by atoms with E-state index in [1.165, 1.54) is 0 Å². The highest BCUT2D eigenvalue weighted by Crippen LogP contribution is 2.45. The summed E-state index contributed by atoms with van der Waals surface area (Å²) in [6, 6.07) is 12.7. The van der Waals surface area contributed by atoms with E-state index < -0.39 is 18.0 Å². The van der Waals surface area contributed by atoms with E-state index in [0.717, 1.165) is 4.68 Å². The number of aromatic nitrogens is 3. The zero-order valence-electron chi connectivity index (χ0n) is 14.0. The largest absolute Gasteiger partial charge is 0.453 e. The highest BCUT2D eigenvalue weighted by Gasteiger charge is 2.44. The quantitative estimate of drug-likeness (QED) is 0.647. The molecule has 0 unspecified atom stereocenters. The molecule has 2 heterocycles. The number of nitrogens with zero attached hydrogens (tertiary/aromatic N) is 3. The Labute approximate surface area is 161 Å². The standard InChI is InChI=1S/C19H10ClF3N4O/c20-10-7-5-9(6-8-10)15-13-14(11-3-1-2-4-12(11)16(13)28)24-18-25-17(19(21,22)23)26-27(15)18/h1-8,15H,(H,24,25,26)/t15-/m0/s1. The Hall–Kier alpha value is -3.13. The Morgan fingerprint density at radius 2 is 1.71 bits per heavy atom. The minimum absolute atomic E-state index is 0.0736. The Morgan fingerprint density at radius 3 is 2.39 bits per heavy atom. The predicted molar refractivity (Wildman–Crippen MR) is 95.9 cm³/mol. The van der Waals surface area contributed by atoms with E-state index in [1.807, 2.05) is 0 Å². The summed E-state index contributed by atoms with van der Waals surface area (Å²) in [5.41, 5.74) is 2.48. The fraction of sp³-hybridized carbons (Fsp3) is 0.105. The molecule has 5 nitrogen and oxygen atoms in total. The van der Waals surface area contributed by atoms with Gasteiger partial charge in [0.15, 0.2) is 5.78 Å². The maximum atomic E-state index is 13.2. The van der Waals surface area contributed by atoms with E-state index >= 15 is 0 Å². The van der Waals surface area contributed by atoms with Crippen molar-refractivity contribution in [1.82, 2.24) is 14.8 Å².